The molecule has 0 bridgehead atoms. The summed E-state index contributed by atoms with van der Waals surface area (Å²) in [5.74, 6) is 0.837. The zero-order chi connectivity index (χ0) is 16.2. The Morgan fingerprint density at radius 3 is 2.52 bits per heavy atom. The lowest BCUT2D eigenvalue weighted by atomic mass is 10.1. The number of aromatic nitrogens is 1. The summed E-state index contributed by atoms with van der Waals surface area (Å²) in [7, 11) is 0. The molecule has 0 unspecified atom stereocenters. The Balaban J connectivity index is 1.77. The summed E-state index contributed by atoms with van der Waals surface area (Å²) in [4.78, 5) is 11.9. The summed E-state index contributed by atoms with van der Waals surface area (Å²) in [6.45, 7) is 9.12. The molecule has 1 aromatic heterocycles. The number of aryl methyl sites for hydroxylation is 1. The summed E-state index contributed by atoms with van der Waals surface area (Å²) in [6.07, 6.45) is 0. The van der Waals surface area contributed by atoms with E-state index in [1.807, 2.05) is 13.0 Å². The maximum Gasteiger partial charge on any atom is 0.213 e. The van der Waals surface area contributed by atoms with Crippen LogP contribution in [0.25, 0.3) is 0 Å². The van der Waals surface area contributed by atoms with E-state index in [1.165, 1.54) is 5.69 Å². The van der Waals surface area contributed by atoms with E-state index in [2.05, 4.69) is 55.3 Å². The molecule has 2 atom stereocenters. The number of hydrogen-bond donors (Lipinski definition) is 0. The fourth-order valence-corrected chi connectivity index (χ4v) is 4.31. The Morgan fingerprint density at radius 1 is 1.22 bits per heavy atom. The van der Waals surface area contributed by atoms with Gasteiger partial charge in [0.1, 0.15) is 23.2 Å². The van der Waals surface area contributed by atoms with Crippen molar-refractivity contribution in [1.82, 2.24) is 4.98 Å². The van der Waals surface area contributed by atoms with Gasteiger partial charge in [-0.3, -0.25) is 0 Å². The summed E-state index contributed by atoms with van der Waals surface area (Å²) in [6, 6.07) is 10.6. The normalized spacial score (nSPS) is 28.4. The Labute approximate surface area is 140 Å². The van der Waals surface area contributed by atoms with Gasteiger partial charge in [-0.1, -0.05) is 18.2 Å². The molecule has 4 nitrogen and oxygen atoms in total. The number of anilines is 1. The van der Waals surface area contributed by atoms with Crippen molar-refractivity contribution >= 4 is 22.9 Å². The van der Waals surface area contributed by atoms with Crippen LogP contribution in [0.15, 0.2) is 40.7 Å². The molecule has 0 saturated carbocycles. The minimum absolute atomic E-state index is 0.146. The topological polar surface area (TPSA) is 37.5 Å². The van der Waals surface area contributed by atoms with Crippen molar-refractivity contribution < 1.29 is 4.74 Å². The second-order valence-electron chi connectivity index (χ2n) is 7.10. The number of para-hydroxylation sites is 1. The SMILES string of the molecule is Cc1csc([C@@H]2N(c3ccccc3)[C@@]2(C)C2=NC(C)(C)CO2)n1. The molecule has 3 heterocycles. The van der Waals surface area contributed by atoms with Gasteiger partial charge < -0.3 is 9.64 Å². The largest absolute Gasteiger partial charge is 0.477 e. The molecule has 1 saturated heterocycles. The van der Waals surface area contributed by atoms with Crippen molar-refractivity contribution in [2.75, 3.05) is 11.5 Å². The van der Waals surface area contributed by atoms with Crippen LogP contribution in [0.4, 0.5) is 5.69 Å². The van der Waals surface area contributed by atoms with E-state index in [0.717, 1.165) is 16.6 Å². The maximum absolute atomic E-state index is 5.99. The molecule has 2 aliphatic rings. The van der Waals surface area contributed by atoms with Crippen LogP contribution in [0.2, 0.25) is 0 Å². The molecule has 1 fully saturated rings. The maximum atomic E-state index is 5.99. The van der Waals surface area contributed by atoms with Crippen LogP contribution in [0, 0.1) is 6.92 Å². The van der Waals surface area contributed by atoms with Gasteiger partial charge in [0.15, 0.2) is 0 Å². The number of benzene rings is 1. The summed E-state index contributed by atoms with van der Waals surface area (Å²) < 4.78 is 5.99. The lowest BCUT2D eigenvalue weighted by Crippen LogP contribution is -2.26. The molecule has 4 rings (SSSR count). The van der Waals surface area contributed by atoms with Gasteiger partial charge in [0.25, 0.3) is 0 Å². The average molecular weight is 327 g/mol. The van der Waals surface area contributed by atoms with Crippen LogP contribution in [0.3, 0.4) is 0 Å². The molecular formula is C18H21N3OS. The summed E-state index contributed by atoms with van der Waals surface area (Å²) >= 11 is 1.72. The van der Waals surface area contributed by atoms with E-state index in [-0.39, 0.29) is 17.1 Å². The lowest BCUT2D eigenvalue weighted by molar-refractivity contribution is 0.270. The number of thiazole rings is 1. The van der Waals surface area contributed by atoms with E-state index >= 15 is 0 Å². The lowest BCUT2D eigenvalue weighted by Gasteiger charge is -2.12. The van der Waals surface area contributed by atoms with Gasteiger partial charge in [0, 0.05) is 16.8 Å². The van der Waals surface area contributed by atoms with Crippen molar-refractivity contribution in [3.05, 3.63) is 46.4 Å². The van der Waals surface area contributed by atoms with Gasteiger partial charge in [-0.05, 0) is 39.8 Å². The van der Waals surface area contributed by atoms with Gasteiger partial charge in [0.05, 0.1) is 5.54 Å². The molecule has 0 radical (unpaired) electrons. The monoisotopic (exact) mass is 327 g/mol. The van der Waals surface area contributed by atoms with Gasteiger partial charge in [-0.25, -0.2) is 9.98 Å². The number of hydrogen-bond acceptors (Lipinski definition) is 5. The van der Waals surface area contributed by atoms with Crippen LogP contribution in [-0.2, 0) is 4.74 Å². The average Bonchev–Trinajstić information content (AvgIpc) is 2.81. The highest BCUT2D eigenvalue weighted by molar-refractivity contribution is 7.09. The number of rotatable bonds is 3. The predicted octanol–water partition coefficient (Wildman–Crippen LogP) is 3.98. The highest BCUT2D eigenvalue weighted by Gasteiger charge is 2.67. The first-order chi connectivity index (χ1) is 10.9. The number of nitrogens with zero attached hydrogens (tertiary/aromatic N) is 3. The predicted molar refractivity (Wildman–Crippen MR) is 94.4 cm³/mol. The Hall–Kier alpha value is -1.88. The third-order valence-electron chi connectivity index (χ3n) is 4.53. The van der Waals surface area contributed by atoms with Gasteiger partial charge in [-0.2, -0.15) is 0 Å². The Kier molecular flexibility index (Phi) is 3.07. The first kappa shape index (κ1) is 14.7. The van der Waals surface area contributed by atoms with Crippen LogP contribution >= 0.6 is 11.3 Å². The Morgan fingerprint density at radius 2 is 1.96 bits per heavy atom. The molecule has 0 N–H and O–H groups in total. The fourth-order valence-electron chi connectivity index (χ4n) is 3.31. The quantitative estimate of drug-likeness (QED) is 0.800. The van der Waals surface area contributed by atoms with Crippen molar-refractivity contribution in [2.45, 2.75) is 44.8 Å². The fraction of sp³-hybridized carbons (Fsp3) is 0.444. The number of ether oxygens (including phenoxy) is 1. The van der Waals surface area contributed by atoms with E-state index in [4.69, 9.17) is 14.7 Å². The van der Waals surface area contributed by atoms with E-state index < -0.39 is 0 Å². The van der Waals surface area contributed by atoms with E-state index in [9.17, 15) is 0 Å². The first-order valence-corrected chi connectivity index (χ1v) is 8.79. The van der Waals surface area contributed by atoms with Crippen molar-refractivity contribution in [3.63, 3.8) is 0 Å². The van der Waals surface area contributed by atoms with Crippen LogP contribution in [-0.4, -0.2) is 28.6 Å². The van der Waals surface area contributed by atoms with Crippen molar-refractivity contribution in [3.8, 4) is 0 Å². The highest BCUT2D eigenvalue weighted by Crippen LogP contribution is 2.58. The molecular weight excluding hydrogens is 306 g/mol. The molecule has 23 heavy (non-hydrogen) atoms. The zero-order valence-electron chi connectivity index (χ0n) is 13.9. The molecule has 0 amide bonds. The molecule has 0 spiro atoms. The summed E-state index contributed by atoms with van der Waals surface area (Å²) in [5, 5.41) is 3.24. The third kappa shape index (κ3) is 2.26. The van der Waals surface area contributed by atoms with Crippen LogP contribution in [0.5, 0.6) is 0 Å². The second kappa shape index (κ2) is 4.81. The standard InChI is InChI=1S/C18H21N3OS/c1-12-10-23-15(19-12)14-18(4,16-20-17(2,3)11-22-16)21(14)13-8-6-5-7-9-13/h5-10,14H,11H2,1-4H3/t14-,18+,21?/m0/s1. The van der Waals surface area contributed by atoms with Crippen molar-refractivity contribution in [1.29, 1.82) is 0 Å². The highest BCUT2D eigenvalue weighted by atomic mass is 32.1. The van der Waals surface area contributed by atoms with Gasteiger partial charge >= 0.3 is 0 Å². The van der Waals surface area contributed by atoms with E-state index in [0.29, 0.717) is 6.61 Å². The minimum atomic E-state index is -0.251. The molecule has 120 valence electrons. The van der Waals surface area contributed by atoms with E-state index in [1.54, 1.807) is 11.3 Å². The zero-order valence-corrected chi connectivity index (χ0v) is 14.7. The van der Waals surface area contributed by atoms with Crippen molar-refractivity contribution in [2.24, 2.45) is 4.99 Å². The Bertz CT molecular complexity index is 768. The summed E-state index contributed by atoms with van der Waals surface area (Å²) in [5.41, 5.74) is 1.86. The van der Waals surface area contributed by atoms with Gasteiger partial charge in [-0.15, -0.1) is 11.3 Å². The molecule has 0 aliphatic carbocycles. The molecule has 5 heteroatoms. The van der Waals surface area contributed by atoms with Crippen LogP contribution in [0.1, 0.15) is 37.5 Å². The molecule has 2 aliphatic heterocycles. The minimum Gasteiger partial charge on any atom is -0.477 e. The van der Waals surface area contributed by atoms with Crippen LogP contribution < -0.4 is 4.90 Å². The van der Waals surface area contributed by atoms with Gasteiger partial charge in [0.2, 0.25) is 5.90 Å². The number of aliphatic imine (C=N–C) groups is 1. The second-order valence-corrected chi connectivity index (χ2v) is 7.99. The molecule has 2 aromatic rings. The third-order valence-corrected chi connectivity index (χ3v) is 5.54. The smallest absolute Gasteiger partial charge is 0.213 e. The first-order valence-electron chi connectivity index (χ1n) is 7.91. The molecule has 1 aromatic carbocycles.